The highest BCUT2D eigenvalue weighted by Gasteiger charge is 2.30. The van der Waals surface area contributed by atoms with Gasteiger partial charge in [-0.25, -0.2) is 4.79 Å². The minimum Gasteiger partial charge on any atom is -0.392 e. The van der Waals surface area contributed by atoms with Crippen LogP contribution in [0.4, 0.5) is 22.4 Å². The van der Waals surface area contributed by atoms with Crippen molar-refractivity contribution in [2.75, 3.05) is 48.3 Å². The summed E-state index contributed by atoms with van der Waals surface area (Å²) in [6, 6.07) is 9.11. The van der Waals surface area contributed by atoms with Gasteiger partial charge >= 0.3 is 6.03 Å². The van der Waals surface area contributed by atoms with E-state index < -0.39 is 9.90 Å². The molecule has 1 unspecified atom stereocenters. The van der Waals surface area contributed by atoms with Gasteiger partial charge in [0.1, 0.15) is 0 Å². The Bertz CT molecular complexity index is 857. The van der Waals surface area contributed by atoms with Gasteiger partial charge in [0.25, 0.3) is 0 Å². The number of anilines is 3. The minimum atomic E-state index is -1.82. The fourth-order valence-electron chi connectivity index (χ4n) is 2.78. The number of carbonyl (C=O) groups is 1. The molecule has 1 aromatic heterocycles. The van der Waals surface area contributed by atoms with E-state index in [0.717, 1.165) is 5.69 Å². The van der Waals surface area contributed by atoms with Gasteiger partial charge in [0.2, 0.25) is 15.7 Å². The summed E-state index contributed by atoms with van der Waals surface area (Å²) in [6.07, 6.45) is -0.604. The topological polar surface area (TPSA) is 107 Å². The van der Waals surface area contributed by atoms with Gasteiger partial charge in [0, 0.05) is 38.4 Å². The van der Waals surface area contributed by atoms with Crippen LogP contribution in [0, 0.1) is 0 Å². The van der Waals surface area contributed by atoms with E-state index in [1.807, 2.05) is 35.2 Å². The minimum absolute atomic E-state index is 0.0187. The average Bonchev–Trinajstić information content (AvgIpc) is 2.72. The molecule has 30 heavy (non-hydrogen) atoms. The molecule has 0 radical (unpaired) electrons. The van der Waals surface area contributed by atoms with Gasteiger partial charge < -0.3 is 25.5 Å². The Hall–Kier alpha value is -2.07. The molecule has 0 saturated carbocycles. The fraction of sp³-hybridized carbons (Fsp3) is 0.444. The number of nitrogens with one attached hydrogen (secondary N) is 2. The number of rotatable bonds is 5. The Morgan fingerprint density at radius 3 is 2.40 bits per heavy atom. The standard InChI is InChI=1S/C18H22Cl3N7O2/c1-12(29)11-22-15-24-14(18(19,20)21)25-16(26-15)27-7-9-28(10-8-27)17(30)23-13-5-3-2-4-6-13/h2-6,12,29H,7-11H2,1H3,(H,23,30)(H,22,24,25,26). The SMILES string of the molecule is CC(O)CNc1nc(N2CCN(C(=O)Nc3ccccc3)CC2)nc(C(Cl)(Cl)Cl)n1. The van der Waals surface area contributed by atoms with Crippen LogP contribution in [0.2, 0.25) is 0 Å². The molecule has 12 heteroatoms. The van der Waals surface area contributed by atoms with E-state index in [-0.39, 0.29) is 24.3 Å². The van der Waals surface area contributed by atoms with Gasteiger partial charge in [-0.2, -0.15) is 15.0 Å². The molecule has 1 aromatic carbocycles. The number of nitrogens with zero attached hydrogens (tertiary/aromatic N) is 5. The zero-order chi connectivity index (χ0) is 21.7. The van der Waals surface area contributed by atoms with Gasteiger partial charge in [-0.1, -0.05) is 53.0 Å². The molecule has 1 aliphatic heterocycles. The lowest BCUT2D eigenvalue weighted by Crippen LogP contribution is -2.50. The number of aliphatic hydroxyl groups is 1. The first-order chi connectivity index (χ1) is 14.2. The van der Waals surface area contributed by atoms with Crippen molar-refractivity contribution in [2.45, 2.75) is 16.8 Å². The van der Waals surface area contributed by atoms with Crippen molar-refractivity contribution < 1.29 is 9.90 Å². The van der Waals surface area contributed by atoms with Crippen molar-refractivity contribution in [1.29, 1.82) is 0 Å². The molecule has 3 N–H and O–H groups in total. The summed E-state index contributed by atoms with van der Waals surface area (Å²) >= 11 is 17.9. The van der Waals surface area contributed by atoms with E-state index in [1.165, 1.54) is 0 Å². The molecule has 2 heterocycles. The summed E-state index contributed by atoms with van der Waals surface area (Å²) < 4.78 is -1.82. The summed E-state index contributed by atoms with van der Waals surface area (Å²) in [5, 5.41) is 15.3. The number of alkyl halides is 3. The van der Waals surface area contributed by atoms with Crippen molar-refractivity contribution in [2.24, 2.45) is 0 Å². The van der Waals surface area contributed by atoms with E-state index in [2.05, 4.69) is 25.6 Å². The number of halogens is 3. The van der Waals surface area contributed by atoms with Crippen molar-refractivity contribution >= 4 is 58.4 Å². The molecule has 0 aliphatic carbocycles. The van der Waals surface area contributed by atoms with E-state index in [0.29, 0.717) is 32.1 Å². The zero-order valence-corrected chi connectivity index (χ0v) is 18.5. The number of aliphatic hydroxyl groups excluding tert-OH is 1. The number of hydrogen-bond donors (Lipinski definition) is 3. The summed E-state index contributed by atoms with van der Waals surface area (Å²) in [5.74, 6) is 0.517. The molecular weight excluding hydrogens is 453 g/mol. The number of benzene rings is 1. The number of urea groups is 1. The van der Waals surface area contributed by atoms with Crippen LogP contribution in [0.25, 0.3) is 0 Å². The lowest BCUT2D eigenvalue weighted by molar-refractivity contribution is 0.207. The first kappa shape index (κ1) is 22.6. The maximum absolute atomic E-state index is 12.5. The van der Waals surface area contributed by atoms with Crippen LogP contribution in [0.5, 0.6) is 0 Å². The predicted molar refractivity (Wildman–Crippen MR) is 118 cm³/mol. The summed E-state index contributed by atoms with van der Waals surface area (Å²) in [7, 11) is 0. The lowest BCUT2D eigenvalue weighted by Gasteiger charge is -2.35. The van der Waals surface area contributed by atoms with Gasteiger partial charge in [-0.05, 0) is 19.1 Å². The molecule has 1 atom stereocenters. The normalized spacial score (nSPS) is 15.6. The van der Waals surface area contributed by atoms with Crippen LogP contribution < -0.4 is 15.5 Å². The molecule has 3 rings (SSSR count). The molecule has 1 aliphatic rings. The van der Waals surface area contributed by atoms with E-state index in [1.54, 1.807) is 11.8 Å². The van der Waals surface area contributed by atoms with Gasteiger partial charge in [-0.15, -0.1) is 0 Å². The smallest absolute Gasteiger partial charge is 0.321 e. The number of aromatic nitrogens is 3. The van der Waals surface area contributed by atoms with Crippen molar-refractivity contribution in [3.63, 3.8) is 0 Å². The van der Waals surface area contributed by atoms with Crippen molar-refractivity contribution in [1.82, 2.24) is 19.9 Å². The van der Waals surface area contributed by atoms with Crippen LogP contribution in [-0.2, 0) is 3.79 Å². The molecule has 162 valence electrons. The first-order valence-corrected chi connectivity index (χ1v) is 10.5. The summed E-state index contributed by atoms with van der Waals surface area (Å²) in [5.41, 5.74) is 0.739. The highest BCUT2D eigenvalue weighted by molar-refractivity contribution is 6.66. The molecule has 1 fully saturated rings. The molecule has 0 bridgehead atoms. The number of amides is 2. The first-order valence-electron chi connectivity index (χ1n) is 9.33. The molecule has 2 amide bonds. The molecule has 0 spiro atoms. The highest BCUT2D eigenvalue weighted by atomic mass is 35.6. The molecular formula is C18H22Cl3N7O2. The van der Waals surface area contributed by atoms with Crippen molar-refractivity contribution in [3.05, 3.63) is 36.2 Å². The second kappa shape index (κ2) is 9.82. The fourth-order valence-corrected chi connectivity index (χ4v) is 3.04. The Balaban J connectivity index is 1.67. The monoisotopic (exact) mass is 473 g/mol. The van der Waals surface area contributed by atoms with E-state index >= 15 is 0 Å². The molecule has 9 nitrogen and oxygen atoms in total. The Kier molecular flexibility index (Phi) is 7.41. The van der Waals surface area contributed by atoms with Crippen LogP contribution in [0.1, 0.15) is 12.7 Å². The van der Waals surface area contributed by atoms with Crippen molar-refractivity contribution in [3.8, 4) is 0 Å². The number of carbonyl (C=O) groups excluding carboxylic acids is 1. The number of para-hydroxylation sites is 1. The largest absolute Gasteiger partial charge is 0.392 e. The Morgan fingerprint density at radius 2 is 1.80 bits per heavy atom. The maximum atomic E-state index is 12.5. The highest BCUT2D eigenvalue weighted by Crippen LogP contribution is 2.36. The second-order valence-corrected chi connectivity index (χ2v) is 9.06. The van der Waals surface area contributed by atoms with Gasteiger partial charge in [-0.3, -0.25) is 0 Å². The van der Waals surface area contributed by atoms with Gasteiger partial charge in [0.05, 0.1) is 6.10 Å². The third kappa shape index (κ3) is 6.21. The van der Waals surface area contributed by atoms with Crippen LogP contribution in [-0.4, -0.2) is 69.8 Å². The summed E-state index contributed by atoms with van der Waals surface area (Å²) in [6.45, 7) is 3.82. The van der Waals surface area contributed by atoms with Crippen LogP contribution in [0.3, 0.4) is 0 Å². The van der Waals surface area contributed by atoms with E-state index in [4.69, 9.17) is 34.8 Å². The predicted octanol–water partition coefficient (Wildman–Crippen LogP) is 2.85. The third-order valence-electron chi connectivity index (χ3n) is 4.31. The average molecular weight is 475 g/mol. The summed E-state index contributed by atoms with van der Waals surface area (Å²) in [4.78, 5) is 28.8. The van der Waals surface area contributed by atoms with Crippen LogP contribution >= 0.6 is 34.8 Å². The zero-order valence-electron chi connectivity index (χ0n) is 16.2. The molecule has 1 saturated heterocycles. The van der Waals surface area contributed by atoms with Gasteiger partial charge in [0.15, 0.2) is 5.82 Å². The maximum Gasteiger partial charge on any atom is 0.321 e. The third-order valence-corrected chi connectivity index (χ3v) is 4.81. The number of hydrogen-bond acceptors (Lipinski definition) is 7. The molecule has 2 aromatic rings. The second-order valence-electron chi connectivity index (χ2n) is 6.78. The number of piperazine rings is 1. The van der Waals surface area contributed by atoms with E-state index in [9.17, 15) is 9.90 Å². The lowest BCUT2D eigenvalue weighted by atomic mass is 10.3. The van der Waals surface area contributed by atoms with Crippen LogP contribution in [0.15, 0.2) is 30.3 Å². The Morgan fingerprint density at radius 1 is 1.13 bits per heavy atom. The quantitative estimate of drug-likeness (QED) is 0.572. The Labute approximate surface area is 189 Å².